The Balaban J connectivity index is 0.000000745. The second-order valence-electron chi connectivity index (χ2n) is 11.3. The standard InChI is InChI=1S/C29H40N2O3.C2HF3O2/c1-21-7-6-19-31(21)20-18-24-10-15-26(16-11-24)25-13-8-23(9-14-25)12-17-27(32)30-22(2)28(33)34-29(3,4)5;3-2(4,5)1(6)7/h8-11,13-16,21-22H,6-7,12,17-20H2,1-5H3,(H,30,32);(H,6,7)/t21-,22+;/m1./s1. The van der Waals surface area contributed by atoms with Crippen molar-refractivity contribution in [2.45, 2.75) is 90.6 Å². The number of rotatable bonds is 9. The molecule has 2 atom stereocenters. The van der Waals surface area contributed by atoms with Crippen LogP contribution in [0.4, 0.5) is 13.2 Å². The summed E-state index contributed by atoms with van der Waals surface area (Å²) in [4.78, 5) is 35.8. The van der Waals surface area contributed by atoms with Gasteiger partial charge in [0.25, 0.3) is 0 Å². The minimum Gasteiger partial charge on any atom is -0.475 e. The lowest BCUT2D eigenvalue weighted by atomic mass is 10.00. The van der Waals surface area contributed by atoms with E-state index < -0.39 is 29.8 Å². The Labute approximate surface area is 240 Å². The number of likely N-dealkylation sites (tertiary alicyclic amines) is 1. The number of carbonyl (C=O) groups is 3. The van der Waals surface area contributed by atoms with Crippen molar-refractivity contribution in [3.63, 3.8) is 0 Å². The number of hydrogen-bond donors (Lipinski definition) is 2. The van der Waals surface area contributed by atoms with Crippen LogP contribution in [0.1, 0.15) is 65.0 Å². The van der Waals surface area contributed by atoms with Crippen LogP contribution in [0.25, 0.3) is 11.1 Å². The topological polar surface area (TPSA) is 95.9 Å². The number of carbonyl (C=O) groups excluding carboxylic acids is 2. The Morgan fingerprint density at radius 1 is 0.976 bits per heavy atom. The monoisotopic (exact) mass is 578 g/mol. The highest BCUT2D eigenvalue weighted by Crippen LogP contribution is 2.22. The van der Waals surface area contributed by atoms with Crippen LogP contribution in [-0.2, 0) is 32.0 Å². The minimum absolute atomic E-state index is 0.152. The average Bonchev–Trinajstić information content (AvgIpc) is 3.30. The third-order valence-corrected chi connectivity index (χ3v) is 6.64. The number of carboxylic acid groups (broad SMARTS) is 1. The molecule has 0 aliphatic carbocycles. The Morgan fingerprint density at radius 3 is 1.88 bits per heavy atom. The number of aliphatic carboxylic acids is 1. The van der Waals surface area contributed by atoms with Crippen molar-refractivity contribution in [2.75, 3.05) is 13.1 Å². The first kappa shape index (κ1) is 33.8. The third-order valence-electron chi connectivity index (χ3n) is 6.64. The van der Waals surface area contributed by atoms with E-state index in [9.17, 15) is 22.8 Å². The quantitative estimate of drug-likeness (QED) is 0.366. The van der Waals surface area contributed by atoms with E-state index in [2.05, 4.69) is 65.7 Å². The van der Waals surface area contributed by atoms with Gasteiger partial charge in [-0.15, -0.1) is 0 Å². The second-order valence-corrected chi connectivity index (χ2v) is 11.3. The zero-order chi connectivity index (χ0) is 30.8. The first-order valence-electron chi connectivity index (χ1n) is 13.8. The number of halogens is 3. The summed E-state index contributed by atoms with van der Waals surface area (Å²) >= 11 is 0. The average molecular weight is 579 g/mol. The highest BCUT2D eigenvalue weighted by Gasteiger charge is 2.38. The summed E-state index contributed by atoms with van der Waals surface area (Å²) in [5, 5.41) is 9.85. The predicted molar refractivity (Wildman–Crippen MR) is 151 cm³/mol. The fraction of sp³-hybridized carbons (Fsp3) is 0.516. The van der Waals surface area contributed by atoms with Crippen LogP contribution in [0.2, 0.25) is 0 Å². The van der Waals surface area contributed by atoms with Crippen molar-refractivity contribution in [3.8, 4) is 11.1 Å². The molecule has 3 rings (SSSR count). The Morgan fingerprint density at radius 2 is 1.46 bits per heavy atom. The van der Waals surface area contributed by atoms with Gasteiger partial charge in [-0.1, -0.05) is 48.5 Å². The summed E-state index contributed by atoms with van der Waals surface area (Å²) < 4.78 is 37.0. The number of ether oxygens (including phenoxy) is 1. The van der Waals surface area contributed by atoms with Crippen molar-refractivity contribution < 1.29 is 37.4 Å². The van der Waals surface area contributed by atoms with Gasteiger partial charge in [-0.05, 0) is 89.1 Å². The van der Waals surface area contributed by atoms with Gasteiger partial charge in [0.1, 0.15) is 11.6 Å². The Kier molecular flexibility index (Phi) is 12.4. The molecule has 1 aliphatic rings. The van der Waals surface area contributed by atoms with Gasteiger partial charge < -0.3 is 20.1 Å². The maximum Gasteiger partial charge on any atom is 0.490 e. The van der Waals surface area contributed by atoms with Gasteiger partial charge in [0, 0.05) is 19.0 Å². The van der Waals surface area contributed by atoms with E-state index >= 15 is 0 Å². The molecule has 1 heterocycles. The number of alkyl halides is 3. The highest BCUT2D eigenvalue weighted by atomic mass is 19.4. The fourth-order valence-electron chi connectivity index (χ4n) is 4.35. The summed E-state index contributed by atoms with van der Waals surface area (Å²) in [7, 11) is 0. The van der Waals surface area contributed by atoms with Crippen molar-refractivity contribution >= 4 is 17.8 Å². The molecule has 41 heavy (non-hydrogen) atoms. The number of benzene rings is 2. The molecule has 1 aliphatic heterocycles. The van der Waals surface area contributed by atoms with Crippen molar-refractivity contribution in [3.05, 3.63) is 59.7 Å². The number of esters is 1. The molecule has 0 spiro atoms. The molecule has 1 fully saturated rings. The maximum absolute atomic E-state index is 12.3. The number of aryl methyl sites for hydroxylation is 1. The lowest BCUT2D eigenvalue weighted by molar-refractivity contribution is -0.192. The first-order valence-corrected chi connectivity index (χ1v) is 13.8. The van der Waals surface area contributed by atoms with Crippen LogP contribution >= 0.6 is 0 Å². The van der Waals surface area contributed by atoms with E-state index in [1.54, 1.807) is 6.92 Å². The molecule has 226 valence electrons. The van der Waals surface area contributed by atoms with Gasteiger partial charge in [0.05, 0.1) is 0 Å². The summed E-state index contributed by atoms with van der Waals surface area (Å²) in [6.45, 7) is 11.8. The van der Waals surface area contributed by atoms with Gasteiger partial charge in [-0.25, -0.2) is 9.59 Å². The summed E-state index contributed by atoms with van der Waals surface area (Å²) in [5.74, 6) is -3.32. The molecule has 2 N–H and O–H groups in total. The van der Waals surface area contributed by atoms with Gasteiger partial charge in [-0.2, -0.15) is 13.2 Å². The molecule has 0 unspecified atom stereocenters. The second kappa shape index (κ2) is 15.0. The molecule has 0 radical (unpaired) electrons. The van der Waals surface area contributed by atoms with E-state index in [4.69, 9.17) is 14.6 Å². The predicted octanol–water partition coefficient (Wildman–Crippen LogP) is 5.79. The fourth-order valence-corrected chi connectivity index (χ4v) is 4.35. The van der Waals surface area contributed by atoms with Crippen LogP contribution in [-0.4, -0.2) is 64.8 Å². The van der Waals surface area contributed by atoms with Gasteiger partial charge in [-0.3, -0.25) is 4.79 Å². The lowest BCUT2D eigenvalue weighted by Gasteiger charge is -2.22. The van der Waals surface area contributed by atoms with E-state index in [0.29, 0.717) is 12.8 Å². The van der Waals surface area contributed by atoms with Crippen LogP contribution in [0, 0.1) is 0 Å². The summed E-state index contributed by atoms with van der Waals surface area (Å²) in [6.07, 6.45) is -0.382. The molecular formula is C31H41F3N2O5. The number of nitrogens with one attached hydrogen (secondary N) is 1. The number of amides is 1. The molecule has 0 aromatic heterocycles. The molecule has 7 nitrogen and oxygen atoms in total. The molecule has 0 saturated carbocycles. The largest absolute Gasteiger partial charge is 0.490 e. The number of hydrogen-bond acceptors (Lipinski definition) is 5. The summed E-state index contributed by atoms with van der Waals surface area (Å²) in [6, 6.07) is 17.3. The molecule has 1 saturated heterocycles. The van der Waals surface area contributed by atoms with Crippen molar-refractivity contribution in [1.29, 1.82) is 0 Å². The molecule has 2 aromatic carbocycles. The normalized spacial score (nSPS) is 16.3. The zero-order valence-corrected chi connectivity index (χ0v) is 24.4. The van der Waals surface area contributed by atoms with Crippen molar-refractivity contribution in [2.24, 2.45) is 0 Å². The Bertz CT molecular complexity index is 1140. The SMILES string of the molecule is C[C@H](NC(=O)CCc1ccc(-c2ccc(CCN3CCC[C@H]3C)cc2)cc1)C(=O)OC(C)(C)C.O=C(O)C(F)(F)F. The van der Waals surface area contributed by atoms with E-state index in [0.717, 1.165) is 24.6 Å². The van der Waals surface area contributed by atoms with E-state index in [-0.39, 0.29) is 5.91 Å². The van der Waals surface area contributed by atoms with E-state index in [1.807, 2.05) is 20.8 Å². The Hall–Kier alpha value is -3.40. The zero-order valence-electron chi connectivity index (χ0n) is 24.4. The van der Waals surface area contributed by atoms with Crippen molar-refractivity contribution in [1.82, 2.24) is 10.2 Å². The molecule has 1 amide bonds. The smallest absolute Gasteiger partial charge is 0.475 e. The number of carboxylic acids is 1. The molecular weight excluding hydrogens is 537 g/mol. The summed E-state index contributed by atoms with van der Waals surface area (Å²) in [5.41, 5.74) is 4.29. The highest BCUT2D eigenvalue weighted by molar-refractivity contribution is 5.84. The van der Waals surface area contributed by atoms with Crippen LogP contribution < -0.4 is 5.32 Å². The van der Waals surface area contributed by atoms with E-state index in [1.165, 1.54) is 36.1 Å². The number of nitrogens with zero attached hydrogens (tertiary/aromatic N) is 1. The molecule has 0 bridgehead atoms. The van der Waals surface area contributed by atoms with Crippen LogP contribution in [0.3, 0.4) is 0 Å². The van der Waals surface area contributed by atoms with Gasteiger partial charge in [0.15, 0.2) is 0 Å². The molecule has 2 aromatic rings. The third kappa shape index (κ3) is 12.3. The van der Waals surface area contributed by atoms with Gasteiger partial charge in [0.2, 0.25) is 5.91 Å². The first-order chi connectivity index (χ1) is 19.0. The minimum atomic E-state index is -5.08. The lowest BCUT2D eigenvalue weighted by Crippen LogP contribution is -2.42. The van der Waals surface area contributed by atoms with Crippen LogP contribution in [0.5, 0.6) is 0 Å². The van der Waals surface area contributed by atoms with Crippen LogP contribution in [0.15, 0.2) is 48.5 Å². The van der Waals surface area contributed by atoms with Gasteiger partial charge >= 0.3 is 18.1 Å². The maximum atomic E-state index is 12.3. The molecule has 10 heteroatoms.